The highest BCUT2D eigenvalue weighted by Gasteiger charge is 2.13. The van der Waals surface area contributed by atoms with Gasteiger partial charge in [-0.1, -0.05) is 13.3 Å². The molecule has 0 saturated carbocycles. The number of nitrogens with zero attached hydrogens (tertiary/aromatic N) is 3. The summed E-state index contributed by atoms with van der Waals surface area (Å²) in [5.74, 6) is -0.771. The SMILES string of the molecule is CCCCNC(=O)C(C)=Nc1c(C)ncnc1Nc1ccc(F)cc1O. The fourth-order valence-electron chi connectivity index (χ4n) is 2.16. The summed E-state index contributed by atoms with van der Waals surface area (Å²) in [7, 11) is 0. The highest BCUT2D eigenvalue weighted by atomic mass is 19.1. The Kier molecular flexibility index (Phi) is 6.60. The van der Waals surface area contributed by atoms with Crippen molar-refractivity contribution in [1.82, 2.24) is 15.3 Å². The first-order chi connectivity index (χ1) is 12.4. The second-order valence-electron chi connectivity index (χ2n) is 5.75. The molecule has 0 saturated heterocycles. The molecule has 0 aliphatic carbocycles. The number of hydrogen-bond donors (Lipinski definition) is 3. The first-order valence-electron chi connectivity index (χ1n) is 8.33. The number of anilines is 2. The van der Waals surface area contributed by atoms with E-state index in [1.807, 2.05) is 6.92 Å². The summed E-state index contributed by atoms with van der Waals surface area (Å²) >= 11 is 0. The zero-order valence-electron chi connectivity index (χ0n) is 15.0. The van der Waals surface area contributed by atoms with Crippen LogP contribution < -0.4 is 10.6 Å². The molecule has 0 atom stereocenters. The molecule has 0 bridgehead atoms. The molecule has 3 N–H and O–H groups in total. The Bertz CT molecular complexity index is 823. The predicted octanol–water partition coefficient (Wildman–Crippen LogP) is 3.38. The Labute approximate surface area is 151 Å². The Morgan fingerprint density at radius 1 is 1.35 bits per heavy atom. The standard InChI is InChI=1S/C18H22FN5O2/c1-4-5-8-20-18(26)12(3)23-16-11(2)21-10-22-17(16)24-14-7-6-13(19)9-15(14)25/h6-7,9-10,25H,4-5,8H2,1-3H3,(H,20,26)(H,21,22,24). The normalized spacial score (nSPS) is 11.3. The molecule has 138 valence electrons. The number of benzene rings is 1. The van der Waals surface area contributed by atoms with Gasteiger partial charge in [-0.25, -0.2) is 19.4 Å². The largest absolute Gasteiger partial charge is 0.506 e. The molecule has 1 heterocycles. The van der Waals surface area contributed by atoms with Gasteiger partial charge in [0.2, 0.25) is 0 Å². The van der Waals surface area contributed by atoms with Gasteiger partial charge in [-0.3, -0.25) is 4.79 Å². The van der Waals surface area contributed by atoms with Crippen molar-refractivity contribution < 1.29 is 14.3 Å². The van der Waals surface area contributed by atoms with Gasteiger partial charge in [-0.15, -0.1) is 0 Å². The van der Waals surface area contributed by atoms with E-state index in [1.54, 1.807) is 13.8 Å². The Morgan fingerprint density at radius 3 is 2.81 bits per heavy atom. The third-order valence-electron chi connectivity index (χ3n) is 3.64. The first kappa shape index (κ1) is 19.3. The van der Waals surface area contributed by atoms with Gasteiger partial charge in [0.15, 0.2) is 5.82 Å². The molecule has 26 heavy (non-hydrogen) atoms. The summed E-state index contributed by atoms with van der Waals surface area (Å²) in [5, 5.41) is 15.6. The summed E-state index contributed by atoms with van der Waals surface area (Å²) in [4.78, 5) is 24.7. The van der Waals surface area contributed by atoms with Crippen molar-refractivity contribution in [1.29, 1.82) is 0 Å². The summed E-state index contributed by atoms with van der Waals surface area (Å²) in [6.07, 6.45) is 3.22. The van der Waals surface area contributed by atoms with Crippen LogP contribution >= 0.6 is 0 Å². The van der Waals surface area contributed by atoms with Crippen LogP contribution in [0.25, 0.3) is 0 Å². The Balaban J connectivity index is 2.28. The molecule has 0 aliphatic heterocycles. The van der Waals surface area contributed by atoms with Gasteiger partial charge < -0.3 is 15.7 Å². The minimum absolute atomic E-state index is 0.259. The smallest absolute Gasteiger partial charge is 0.265 e. The number of hydrogen-bond acceptors (Lipinski definition) is 6. The Morgan fingerprint density at radius 2 is 2.12 bits per heavy atom. The molecule has 8 heteroatoms. The minimum atomic E-state index is -0.551. The number of unbranched alkanes of at least 4 members (excludes halogenated alkanes) is 1. The number of phenolic OH excluding ortho intramolecular Hbond substituents is 1. The van der Waals surface area contributed by atoms with Crippen LogP contribution in [0.3, 0.4) is 0 Å². The average molecular weight is 359 g/mol. The molecule has 2 aromatic rings. The van der Waals surface area contributed by atoms with E-state index in [1.165, 1.54) is 18.5 Å². The van der Waals surface area contributed by atoms with Gasteiger partial charge in [-0.05, 0) is 32.4 Å². The van der Waals surface area contributed by atoms with Crippen molar-refractivity contribution >= 4 is 28.8 Å². The molecule has 0 unspecified atom stereocenters. The number of aryl methyl sites for hydroxylation is 1. The molecular weight excluding hydrogens is 337 g/mol. The fourth-order valence-corrected chi connectivity index (χ4v) is 2.16. The van der Waals surface area contributed by atoms with Crippen LogP contribution in [0.1, 0.15) is 32.4 Å². The number of halogens is 1. The molecule has 1 amide bonds. The van der Waals surface area contributed by atoms with Crippen LogP contribution in [-0.2, 0) is 4.79 Å². The van der Waals surface area contributed by atoms with Crippen molar-refractivity contribution in [2.45, 2.75) is 33.6 Å². The highest BCUT2D eigenvalue weighted by molar-refractivity contribution is 6.38. The van der Waals surface area contributed by atoms with Crippen LogP contribution in [0.5, 0.6) is 5.75 Å². The maximum Gasteiger partial charge on any atom is 0.265 e. The zero-order chi connectivity index (χ0) is 19.1. The topological polar surface area (TPSA) is 99.5 Å². The molecule has 0 fully saturated rings. The van der Waals surface area contributed by atoms with E-state index in [-0.39, 0.29) is 23.1 Å². The van der Waals surface area contributed by atoms with E-state index in [2.05, 4.69) is 25.6 Å². The lowest BCUT2D eigenvalue weighted by atomic mass is 10.2. The molecule has 1 aromatic carbocycles. The average Bonchev–Trinajstić information content (AvgIpc) is 2.60. The number of aromatic hydroxyl groups is 1. The zero-order valence-corrected chi connectivity index (χ0v) is 15.0. The van der Waals surface area contributed by atoms with Crippen LogP contribution in [0.15, 0.2) is 29.5 Å². The van der Waals surface area contributed by atoms with Gasteiger partial charge in [0, 0.05) is 12.6 Å². The lowest BCUT2D eigenvalue weighted by Crippen LogP contribution is -2.30. The molecule has 7 nitrogen and oxygen atoms in total. The summed E-state index contributed by atoms with van der Waals surface area (Å²) in [5.41, 5.74) is 1.47. The van der Waals surface area contributed by atoms with Crippen molar-refractivity contribution in [3.63, 3.8) is 0 Å². The molecular formula is C18H22FN5O2. The van der Waals surface area contributed by atoms with Crippen LogP contribution in [0, 0.1) is 12.7 Å². The number of aliphatic imine (C=N–C) groups is 1. The number of carbonyl (C=O) groups excluding carboxylic acids is 1. The van der Waals surface area contributed by atoms with E-state index in [9.17, 15) is 14.3 Å². The maximum absolute atomic E-state index is 13.1. The van der Waals surface area contributed by atoms with Crippen LogP contribution in [0.4, 0.5) is 21.6 Å². The number of nitrogens with one attached hydrogen (secondary N) is 2. The second-order valence-corrected chi connectivity index (χ2v) is 5.75. The van der Waals surface area contributed by atoms with Gasteiger partial charge in [0.1, 0.15) is 29.3 Å². The maximum atomic E-state index is 13.1. The molecule has 0 radical (unpaired) electrons. The number of aromatic nitrogens is 2. The number of rotatable bonds is 7. The van der Waals surface area contributed by atoms with Gasteiger partial charge in [0.05, 0.1) is 11.4 Å². The number of carbonyl (C=O) groups is 1. The van der Waals surface area contributed by atoms with Crippen molar-refractivity contribution in [3.8, 4) is 5.75 Å². The Hall–Kier alpha value is -3.03. The third-order valence-corrected chi connectivity index (χ3v) is 3.64. The van der Waals surface area contributed by atoms with E-state index >= 15 is 0 Å². The predicted molar refractivity (Wildman–Crippen MR) is 98.8 cm³/mol. The fraction of sp³-hybridized carbons (Fsp3) is 0.333. The molecule has 1 aromatic heterocycles. The summed E-state index contributed by atoms with van der Waals surface area (Å²) < 4.78 is 13.1. The van der Waals surface area contributed by atoms with E-state index < -0.39 is 5.82 Å². The highest BCUT2D eigenvalue weighted by Crippen LogP contribution is 2.32. The quantitative estimate of drug-likeness (QED) is 0.400. The van der Waals surface area contributed by atoms with Gasteiger partial charge >= 0.3 is 0 Å². The lowest BCUT2D eigenvalue weighted by Gasteiger charge is -2.12. The molecule has 0 spiro atoms. The molecule has 2 rings (SSSR count). The van der Waals surface area contributed by atoms with E-state index in [0.29, 0.717) is 23.7 Å². The van der Waals surface area contributed by atoms with E-state index in [4.69, 9.17) is 0 Å². The van der Waals surface area contributed by atoms with Crippen LogP contribution in [-0.4, -0.2) is 33.2 Å². The van der Waals surface area contributed by atoms with Gasteiger partial charge in [0.25, 0.3) is 5.91 Å². The lowest BCUT2D eigenvalue weighted by molar-refractivity contribution is -0.114. The third kappa shape index (κ3) is 4.98. The molecule has 0 aliphatic rings. The minimum Gasteiger partial charge on any atom is -0.506 e. The van der Waals surface area contributed by atoms with Crippen molar-refractivity contribution in [2.24, 2.45) is 4.99 Å². The number of amides is 1. The van der Waals surface area contributed by atoms with Crippen molar-refractivity contribution in [2.75, 3.05) is 11.9 Å². The van der Waals surface area contributed by atoms with Gasteiger partial charge in [-0.2, -0.15) is 0 Å². The van der Waals surface area contributed by atoms with Crippen LogP contribution in [0.2, 0.25) is 0 Å². The monoisotopic (exact) mass is 359 g/mol. The second kappa shape index (κ2) is 8.89. The van der Waals surface area contributed by atoms with E-state index in [0.717, 1.165) is 18.9 Å². The number of phenols is 1. The van der Waals surface area contributed by atoms with Crippen molar-refractivity contribution in [3.05, 3.63) is 36.0 Å². The first-order valence-corrected chi connectivity index (χ1v) is 8.33. The summed E-state index contributed by atoms with van der Waals surface area (Å²) in [6, 6.07) is 3.59. The summed E-state index contributed by atoms with van der Waals surface area (Å²) in [6.45, 7) is 5.97.